The molecule has 0 radical (unpaired) electrons. The molecule has 0 unspecified atom stereocenters. The SMILES string of the molecule is CC(C)=CCC[C@H](C)CCNC[C@@H](O)CO. The molecule has 0 amide bonds. The van der Waals surface area contributed by atoms with Crippen molar-refractivity contribution in [3.8, 4) is 0 Å². The van der Waals surface area contributed by atoms with Gasteiger partial charge >= 0.3 is 0 Å². The largest absolute Gasteiger partial charge is 0.394 e. The predicted octanol–water partition coefficient (Wildman–Crippen LogP) is 1.70. The summed E-state index contributed by atoms with van der Waals surface area (Å²) >= 11 is 0. The van der Waals surface area contributed by atoms with E-state index in [0.717, 1.165) is 19.4 Å². The van der Waals surface area contributed by atoms with E-state index in [9.17, 15) is 0 Å². The van der Waals surface area contributed by atoms with Gasteiger partial charge in [-0.25, -0.2) is 0 Å². The van der Waals surface area contributed by atoms with E-state index in [1.54, 1.807) is 0 Å². The summed E-state index contributed by atoms with van der Waals surface area (Å²) in [7, 11) is 0. The van der Waals surface area contributed by atoms with Crippen LogP contribution in [0, 0.1) is 5.92 Å². The minimum Gasteiger partial charge on any atom is -0.394 e. The van der Waals surface area contributed by atoms with Gasteiger partial charge in [0.15, 0.2) is 0 Å². The van der Waals surface area contributed by atoms with E-state index < -0.39 is 6.10 Å². The Morgan fingerprint density at radius 1 is 1.31 bits per heavy atom. The molecule has 0 spiro atoms. The smallest absolute Gasteiger partial charge is 0.0894 e. The standard InChI is InChI=1S/C13H27NO2/c1-11(2)5-4-6-12(3)7-8-14-9-13(16)10-15/h5,12-16H,4,6-10H2,1-3H3/t12-,13+/m0/s1. The summed E-state index contributed by atoms with van der Waals surface area (Å²) in [5.74, 6) is 0.703. The highest BCUT2D eigenvalue weighted by atomic mass is 16.3. The Kier molecular flexibility index (Phi) is 9.59. The molecule has 3 N–H and O–H groups in total. The first-order valence-electron chi connectivity index (χ1n) is 6.19. The van der Waals surface area contributed by atoms with Crippen LogP contribution in [0.5, 0.6) is 0 Å². The lowest BCUT2D eigenvalue weighted by Crippen LogP contribution is -2.30. The van der Waals surface area contributed by atoms with E-state index in [4.69, 9.17) is 10.2 Å². The Morgan fingerprint density at radius 3 is 2.56 bits per heavy atom. The van der Waals surface area contributed by atoms with Gasteiger partial charge in [0, 0.05) is 6.54 Å². The zero-order valence-corrected chi connectivity index (χ0v) is 10.9. The fraction of sp³-hybridized carbons (Fsp3) is 0.846. The molecule has 16 heavy (non-hydrogen) atoms. The molecule has 0 aliphatic carbocycles. The van der Waals surface area contributed by atoms with Crippen LogP contribution in [-0.4, -0.2) is 36.0 Å². The molecule has 0 fully saturated rings. The molecule has 0 heterocycles. The number of rotatable bonds is 9. The van der Waals surface area contributed by atoms with Crippen molar-refractivity contribution in [3.05, 3.63) is 11.6 Å². The molecule has 0 aliphatic heterocycles. The van der Waals surface area contributed by atoms with Gasteiger partial charge in [-0.05, 0) is 45.6 Å². The zero-order chi connectivity index (χ0) is 12.4. The van der Waals surface area contributed by atoms with Crippen LogP contribution in [0.2, 0.25) is 0 Å². The first-order chi connectivity index (χ1) is 7.56. The van der Waals surface area contributed by atoms with E-state index in [1.165, 1.54) is 12.0 Å². The van der Waals surface area contributed by atoms with Crippen molar-refractivity contribution in [2.45, 2.75) is 46.1 Å². The van der Waals surface area contributed by atoms with Gasteiger partial charge in [0.2, 0.25) is 0 Å². The summed E-state index contributed by atoms with van der Waals surface area (Å²) < 4.78 is 0. The molecule has 2 atom stereocenters. The van der Waals surface area contributed by atoms with Crippen LogP contribution in [0.15, 0.2) is 11.6 Å². The second kappa shape index (κ2) is 9.82. The maximum absolute atomic E-state index is 9.11. The van der Waals surface area contributed by atoms with Crippen LogP contribution in [0.25, 0.3) is 0 Å². The second-order valence-electron chi connectivity index (χ2n) is 4.79. The highest BCUT2D eigenvalue weighted by Gasteiger charge is 2.03. The topological polar surface area (TPSA) is 52.5 Å². The van der Waals surface area contributed by atoms with Crippen LogP contribution < -0.4 is 5.32 Å². The van der Waals surface area contributed by atoms with Gasteiger partial charge in [-0.3, -0.25) is 0 Å². The molecule has 0 saturated heterocycles. The van der Waals surface area contributed by atoms with Crippen molar-refractivity contribution < 1.29 is 10.2 Å². The summed E-state index contributed by atoms with van der Waals surface area (Å²) in [5, 5.41) is 20.9. The van der Waals surface area contributed by atoms with E-state index in [2.05, 4.69) is 32.2 Å². The van der Waals surface area contributed by atoms with Gasteiger partial charge in [-0.1, -0.05) is 18.6 Å². The maximum atomic E-state index is 9.11. The first kappa shape index (κ1) is 15.6. The highest BCUT2D eigenvalue weighted by Crippen LogP contribution is 2.10. The molecule has 0 rings (SSSR count). The zero-order valence-electron chi connectivity index (χ0n) is 10.9. The van der Waals surface area contributed by atoms with Gasteiger partial charge < -0.3 is 15.5 Å². The van der Waals surface area contributed by atoms with Crippen molar-refractivity contribution in [1.82, 2.24) is 5.32 Å². The number of nitrogens with one attached hydrogen (secondary N) is 1. The van der Waals surface area contributed by atoms with Crippen LogP contribution in [-0.2, 0) is 0 Å². The summed E-state index contributed by atoms with van der Waals surface area (Å²) in [5.41, 5.74) is 1.39. The Bertz CT molecular complexity index is 188. The molecule has 0 aliphatic rings. The number of allylic oxidation sites excluding steroid dienone is 2. The van der Waals surface area contributed by atoms with Gasteiger partial charge in [0.25, 0.3) is 0 Å². The van der Waals surface area contributed by atoms with Crippen molar-refractivity contribution >= 4 is 0 Å². The third kappa shape index (κ3) is 10.1. The third-order valence-corrected chi connectivity index (χ3v) is 2.62. The van der Waals surface area contributed by atoms with Gasteiger partial charge in [-0.15, -0.1) is 0 Å². The second-order valence-corrected chi connectivity index (χ2v) is 4.79. The van der Waals surface area contributed by atoms with Gasteiger partial charge in [0.05, 0.1) is 12.7 Å². The van der Waals surface area contributed by atoms with Gasteiger partial charge in [-0.2, -0.15) is 0 Å². The van der Waals surface area contributed by atoms with Crippen LogP contribution >= 0.6 is 0 Å². The Balaban J connectivity index is 3.37. The highest BCUT2D eigenvalue weighted by molar-refractivity contribution is 4.92. The minimum atomic E-state index is -0.624. The monoisotopic (exact) mass is 229 g/mol. The molecule has 3 nitrogen and oxygen atoms in total. The number of aliphatic hydroxyl groups is 2. The van der Waals surface area contributed by atoms with Crippen molar-refractivity contribution in [2.24, 2.45) is 5.92 Å². The van der Waals surface area contributed by atoms with Gasteiger partial charge in [0.1, 0.15) is 0 Å². The molecule has 0 aromatic carbocycles. The molecule has 3 heteroatoms. The van der Waals surface area contributed by atoms with E-state index in [1.807, 2.05) is 0 Å². The lowest BCUT2D eigenvalue weighted by Gasteiger charge is -2.12. The number of hydrogen-bond acceptors (Lipinski definition) is 3. The quantitative estimate of drug-likeness (QED) is 0.417. The van der Waals surface area contributed by atoms with Crippen molar-refractivity contribution in [1.29, 1.82) is 0 Å². The Hall–Kier alpha value is -0.380. The lowest BCUT2D eigenvalue weighted by molar-refractivity contribution is 0.0943. The lowest BCUT2D eigenvalue weighted by atomic mass is 10.0. The Morgan fingerprint density at radius 2 is 2.00 bits per heavy atom. The number of hydrogen-bond donors (Lipinski definition) is 3. The fourth-order valence-electron chi connectivity index (χ4n) is 1.48. The van der Waals surface area contributed by atoms with E-state index in [0.29, 0.717) is 12.5 Å². The normalized spacial score (nSPS) is 14.6. The van der Waals surface area contributed by atoms with Crippen LogP contribution in [0.3, 0.4) is 0 Å². The summed E-state index contributed by atoms with van der Waals surface area (Å²) in [6, 6.07) is 0. The molecule has 0 aromatic heterocycles. The van der Waals surface area contributed by atoms with Crippen LogP contribution in [0.4, 0.5) is 0 Å². The predicted molar refractivity (Wildman–Crippen MR) is 68.4 cm³/mol. The average Bonchev–Trinajstić information content (AvgIpc) is 2.23. The Labute approximate surface area is 99.6 Å². The van der Waals surface area contributed by atoms with E-state index >= 15 is 0 Å². The molecule has 0 bridgehead atoms. The average molecular weight is 229 g/mol. The van der Waals surface area contributed by atoms with Crippen molar-refractivity contribution in [2.75, 3.05) is 19.7 Å². The molecule has 0 saturated carbocycles. The summed E-state index contributed by atoms with van der Waals surface area (Å²) in [4.78, 5) is 0. The molecule has 96 valence electrons. The maximum Gasteiger partial charge on any atom is 0.0894 e. The summed E-state index contributed by atoms with van der Waals surface area (Å²) in [6.45, 7) is 7.74. The summed E-state index contributed by atoms with van der Waals surface area (Å²) in [6.07, 6.45) is 5.15. The van der Waals surface area contributed by atoms with Crippen molar-refractivity contribution in [3.63, 3.8) is 0 Å². The number of aliphatic hydroxyl groups excluding tert-OH is 2. The molecule has 0 aromatic rings. The third-order valence-electron chi connectivity index (χ3n) is 2.62. The molecular weight excluding hydrogens is 202 g/mol. The van der Waals surface area contributed by atoms with Crippen LogP contribution in [0.1, 0.15) is 40.0 Å². The fourth-order valence-corrected chi connectivity index (χ4v) is 1.48. The minimum absolute atomic E-state index is 0.164. The first-order valence-corrected chi connectivity index (χ1v) is 6.19. The van der Waals surface area contributed by atoms with E-state index in [-0.39, 0.29) is 6.61 Å². The molecular formula is C13H27NO2.